The van der Waals surface area contributed by atoms with E-state index in [1.165, 1.54) is 14.2 Å². The first kappa shape index (κ1) is 22.5. The number of sulfonamides is 1. The quantitative estimate of drug-likeness (QED) is 0.684. The van der Waals surface area contributed by atoms with E-state index in [1.54, 1.807) is 18.2 Å². The normalized spacial score (nSPS) is 21.8. The van der Waals surface area contributed by atoms with Gasteiger partial charge < -0.3 is 14.8 Å². The molecule has 7 nitrogen and oxygen atoms in total. The Morgan fingerprint density at radius 1 is 1.21 bits per heavy atom. The smallest absolute Gasteiger partial charge is 0.255 e. The van der Waals surface area contributed by atoms with Gasteiger partial charge in [-0.05, 0) is 42.7 Å². The number of hydrogen-bond donors (Lipinski definition) is 2. The highest BCUT2D eigenvalue weighted by atomic mass is 32.2. The van der Waals surface area contributed by atoms with E-state index in [1.807, 2.05) is 0 Å². The first-order valence-electron chi connectivity index (χ1n) is 9.55. The van der Waals surface area contributed by atoms with Crippen LogP contribution < -0.4 is 19.5 Å². The summed E-state index contributed by atoms with van der Waals surface area (Å²) in [5, 5.41) is 2.65. The molecule has 0 spiro atoms. The molecule has 2 N–H and O–H groups in total. The van der Waals surface area contributed by atoms with Crippen molar-refractivity contribution >= 4 is 15.9 Å². The van der Waals surface area contributed by atoms with Crippen molar-refractivity contribution in [3.63, 3.8) is 0 Å². The van der Waals surface area contributed by atoms with Crippen molar-refractivity contribution in [3.8, 4) is 11.5 Å². The van der Waals surface area contributed by atoms with Crippen molar-refractivity contribution < 1.29 is 22.7 Å². The predicted molar refractivity (Wildman–Crippen MR) is 109 cm³/mol. The number of ether oxygens (including phenoxy) is 2. The molecule has 0 aromatic heterocycles. The van der Waals surface area contributed by atoms with E-state index >= 15 is 0 Å². The maximum Gasteiger partial charge on any atom is 0.255 e. The molecule has 28 heavy (non-hydrogen) atoms. The van der Waals surface area contributed by atoms with Gasteiger partial charge in [0.05, 0.1) is 25.5 Å². The van der Waals surface area contributed by atoms with Gasteiger partial charge in [-0.3, -0.25) is 4.79 Å². The molecule has 1 aromatic rings. The van der Waals surface area contributed by atoms with Gasteiger partial charge in [0, 0.05) is 18.7 Å². The topological polar surface area (TPSA) is 93.7 Å². The molecule has 2 rings (SSSR count). The maximum absolute atomic E-state index is 12.4. The molecule has 1 aliphatic carbocycles. The Balaban J connectivity index is 1.90. The zero-order valence-electron chi connectivity index (χ0n) is 17.4. The summed E-state index contributed by atoms with van der Waals surface area (Å²) in [6.45, 7) is 6.53. The molecular weight excluding hydrogens is 380 g/mol. The Morgan fingerprint density at radius 2 is 1.93 bits per heavy atom. The number of methoxy groups -OCH3 is 2. The summed E-state index contributed by atoms with van der Waals surface area (Å²) in [6.07, 6.45) is 2.77. The second kappa shape index (κ2) is 9.13. The van der Waals surface area contributed by atoms with Gasteiger partial charge in [0.1, 0.15) is 11.5 Å². The minimum atomic E-state index is -3.48. The predicted octanol–water partition coefficient (Wildman–Crippen LogP) is 2.57. The summed E-state index contributed by atoms with van der Waals surface area (Å²) in [6, 6.07) is 4.80. The maximum atomic E-state index is 12.4. The minimum Gasteiger partial charge on any atom is -0.497 e. The Bertz CT molecular complexity index is 792. The van der Waals surface area contributed by atoms with E-state index < -0.39 is 10.0 Å². The van der Waals surface area contributed by atoms with E-state index in [0.717, 1.165) is 19.3 Å². The molecule has 0 heterocycles. The van der Waals surface area contributed by atoms with Crippen molar-refractivity contribution in [2.75, 3.05) is 26.5 Å². The highest BCUT2D eigenvalue weighted by molar-refractivity contribution is 7.89. The number of benzene rings is 1. The standard InChI is InChI=1S/C20H32N2O5S/c1-14-10-15(13-20(2,3)12-14)22-28(24,25)9-8-21-19(23)17-7-6-16(26-4)11-18(17)27-5/h6-7,11,14-15,22H,8-10,12-13H2,1-5H3,(H,21,23)/t14-,15+/m0/s1. The lowest BCUT2D eigenvalue weighted by atomic mass is 9.71. The van der Waals surface area contributed by atoms with Crippen molar-refractivity contribution in [3.05, 3.63) is 23.8 Å². The second-order valence-corrected chi connectivity index (χ2v) is 10.2. The molecule has 1 amide bonds. The van der Waals surface area contributed by atoms with Crippen LogP contribution in [0.2, 0.25) is 0 Å². The average molecular weight is 413 g/mol. The highest BCUT2D eigenvalue weighted by Crippen LogP contribution is 2.38. The lowest BCUT2D eigenvalue weighted by Gasteiger charge is -2.39. The number of carbonyl (C=O) groups excluding carboxylic acids is 1. The van der Waals surface area contributed by atoms with Crippen LogP contribution in [0.3, 0.4) is 0 Å². The van der Waals surface area contributed by atoms with Crippen LogP contribution in [0.25, 0.3) is 0 Å². The third-order valence-corrected chi connectivity index (χ3v) is 6.48. The van der Waals surface area contributed by atoms with E-state index in [9.17, 15) is 13.2 Å². The van der Waals surface area contributed by atoms with Crippen LogP contribution in [0.5, 0.6) is 11.5 Å². The Kier molecular flexibility index (Phi) is 7.33. The fourth-order valence-corrected chi connectivity index (χ4v) is 5.31. The summed E-state index contributed by atoms with van der Waals surface area (Å²) in [5.41, 5.74) is 0.459. The largest absolute Gasteiger partial charge is 0.497 e. The lowest BCUT2D eigenvalue weighted by molar-refractivity contribution is 0.0953. The monoisotopic (exact) mass is 412 g/mol. The summed E-state index contributed by atoms with van der Waals surface area (Å²) in [4.78, 5) is 12.4. The Morgan fingerprint density at radius 3 is 2.54 bits per heavy atom. The molecule has 158 valence electrons. The summed E-state index contributed by atoms with van der Waals surface area (Å²) >= 11 is 0. The van der Waals surface area contributed by atoms with Gasteiger partial charge in [-0.15, -0.1) is 0 Å². The average Bonchev–Trinajstić information content (AvgIpc) is 2.58. The van der Waals surface area contributed by atoms with Crippen molar-refractivity contribution in [1.82, 2.24) is 10.0 Å². The molecule has 0 radical (unpaired) electrons. The summed E-state index contributed by atoms with van der Waals surface area (Å²) in [5.74, 6) is 0.879. The van der Waals surface area contributed by atoms with Crippen molar-refractivity contribution in [2.45, 2.75) is 46.1 Å². The van der Waals surface area contributed by atoms with Crippen molar-refractivity contribution in [1.29, 1.82) is 0 Å². The van der Waals surface area contributed by atoms with Gasteiger partial charge in [0.2, 0.25) is 10.0 Å². The minimum absolute atomic E-state index is 0.0228. The van der Waals surface area contributed by atoms with E-state index in [-0.39, 0.29) is 29.7 Å². The molecule has 1 saturated carbocycles. The Labute approximate surface area is 168 Å². The van der Waals surface area contributed by atoms with Gasteiger partial charge in [0.25, 0.3) is 5.91 Å². The summed E-state index contributed by atoms with van der Waals surface area (Å²) in [7, 11) is -0.482. The molecule has 0 unspecified atom stereocenters. The van der Waals surface area contributed by atoms with E-state index in [0.29, 0.717) is 23.0 Å². The van der Waals surface area contributed by atoms with Crippen LogP contribution in [0, 0.1) is 11.3 Å². The molecule has 8 heteroatoms. The van der Waals surface area contributed by atoms with Gasteiger partial charge in [-0.1, -0.05) is 20.8 Å². The molecule has 0 bridgehead atoms. The lowest BCUT2D eigenvalue weighted by Crippen LogP contribution is -2.45. The van der Waals surface area contributed by atoms with Crippen LogP contribution in [0.1, 0.15) is 50.4 Å². The Hall–Kier alpha value is -1.80. The van der Waals surface area contributed by atoms with Crippen LogP contribution in [0.15, 0.2) is 18.2 Å². The van der Waals surface area contributed by atoms with E-state index in [2.05, 4.69) is 30.8 Å². The molecule has 0 aliphatic heterocycles. The zero-order valence-corrected chi connectivity index (χ0v) is 18.2. The molecule has 2 atom stereocenters. The molecule has 0 saturated heterocycles. The third-order valence-electron chi connectivity index (χ3n) is 5.04. The number of amides is 1. The van der Waals surface area contributed by atoms with Gasteiger partial charge in [-0.25, -0.2) is 13.1 Å². The van der Waals surface area contributed by atoms with Crippen LogP contribution >= 0.6 is 0 Å². The van der Waals surface area contributed by atoms with Crippen LogP contribution in [0.4, 0.5) is 0 Å². The van der Waals surface area contributed by atoms with Crippen LogP contribution in [-0.4, -0.2) is 46.9 Å². The second-order valence-electron chi connectivity index (χ2n) is 8.37. The van der Waals surface area contributed by atoms with Gasteiger partial charge in [-0.2, -0.15) is 0 Å². The van der Waals surface area contributed by atoms with E-state index in [4.69, 9.17) is 9.47 Å². The number of nitrogens with one attached hydrogen (secondary N) is 2. The van der Waals surface area contributed by atoms with Gasteiger partial charge in [0.15, 0.2) is 0 Å². The first-order valence-corrected chi connectivity index (χ1v) is 11.2. The SMILES string of the molecule is COc1ccc(C(=O)NCCS(=O)(=O)N[C@@H]2C[C@H](C)CC(C)(C)C2)c(OC)c1. The third kappa shape index (κ3) is 6.38. The summed E-state index contributed by atoms with van der Waals surface area (Å²) < 4.78 is 38.0. The van der Waals surface area contributed by atoms with Crippen molar-refractivity contribution in [2.24, 2.45) is 11.3 Å². The van der Waals surface area contributed by atoms with Gasteiger partial charge >= 0.3 is 0 Å². The fraction of sp³-hybridized carbons (Fsp3) is 0.650. The number of carbonyl (C=O) groups is 1. The zero-order chi connectivity index (χ0) is 20.9. The van der Waals surface area contributed by atoms with Crippen LogP contribution in [-0.2, 0) is 10.0 Å². The number of hydrogen-bond acceptors (Lipinski definition) is 5. The molecule has 1 fully saturated rings. The molecule has 1 aliphatic rings. The highest BCUT2D eigenvalue weighted by Gasteiger charge is 2.33. The molecule has 1 aromatic carbocycles. The number of rotatable bonds is 8. The first-order chi connectivity index (χ1) is 13.0. The molecular formula is C20H32N2O5S. The fourth-order valence-electron chi connectivity index (χ4n) is 4.13.